The van der Waals surface area contributed by atoms with E-state index < -0.39 is 0 Å². The molecule has 0 unspecified atom stereocenters. The highest BCUT2D eigenvalue weighted by Gasteiger charge is 2.19. The lowest BCUT2D eigenvalue weighted by molar-refractivity contribution is 1.29. The fourth-order valence-electron chi connectivity index (χ4n) is 7.37. The summed E-state index contributed by atoms with van der Waals surface area (Å²) in [5.74, 6) is 0. The molecular weight excluding hydrogens is 615 g/mol. The number of anilines is 3. The molecule has 0 fully saturated rings. The van der Waals surface area contributed by atoms with Crippen molar-refractivity contribution < 1.29 is 0 Å². The molecule has 0 aliphatic carbocycles. The fraction of sp³-hybridized carbons (Fsp3) is 0. The summed E-state index contributed by atoms with van der Waals surface area (Å²) in [6, 6.07) is 76.7. The van der Waals surface area contributed by atoms with Gasteiger partial charge in [-0.2, -0.15) is 0 Å². The Morgan fingerprint density at radius 3 is 1.08 bits per heavy atom. The molecule has 0 aromatic heterocycles. The zero-order chi connectivity index (χ0) is 34.0. The molecule has 0 N–H and O–H groups in total. The van der Waals surface area contributed by atoms with Gasteiger partial charge in [-0.1, -0.05) is 176 Å². The summed E-state index contributed by atoms with van der Waals surface area (Å²) in [6.45, 7) is 0. The molecular formula is C50H35N. The lowest BCUT2D eigenvalue weighted by Crippen LogP contribution is -2.11. The molecule has 0 atom stereocenters. The molecule has 1 nitrogen and oxygen atoms in total. The third-order valence-corrected chi connectivity index (χ3v) is 9.85. The van der Waals surface area contributed by atoms with Crippen LogP contribution in [-0.4, -0.2) is 0 Å². The van der Waals surface area contributed by atoms with Crippen LogP contribution >= 0.6 is 0 Å². The first-order valence-corrected chi connectivity index (χ1v) is 17.5. The predicted octanol–water partition coefficient (Wildman–Crippen LogP) is 14.1. The van der Waals surface area contributed by atoms with Crippen molar-refractivity contribution in [1.29, 1.82) is 0 Å². The third kappa shape index (κ3) is 5.86. The monoisotopic (exact) mass is 649 g/mol. The van der Waals surface area contributed by atoms with Crippen molar-refractivity contribution in [1.82, 2.24) is 0 Å². The lowest BCUT2D eigenvalue weighted by atomic mass is 9.92. The van der Waals surface area contributed by atoms with Gasteiger partial charge in [0.25, 0.3) is 0 Å². The van der Waals surface area contributed by atoms with E-state index in [0.717, 1.165) is 17.1 Å². The summed E-state index contributed by atoms with van der Waals surface area (Å²) in [5, 5.41) is 4.96. The lowest BCUT2D eigenvalue weighted by Gasteiger charge is -2.28. The van der Waals surface area contributed by atoms with Gasteiger partial charge < -0.3 is 4.90 Å². The van der Waals surface area contributed by atoms with Crippen LogP contribution in [0.4, 0.5) is 17.1 Å². The van der Waals surface area contributed by atoms with Gasteiger partial charge in [0.05, 0.1) is 0 Å². The maximum atomic E-state index is 2.42. The molecule has 9 aromatic rings. The van der Waals surface area contributed by atoms with Gasteiger partial charge in [0, 0.05) is 17.1 Å². The molecule has 0 aliphatic rings. The SMILES string of the molecule is c1ccc(-c2ccc(N(c3ccc(-c4ccccc4)c(-c4ccccc4)c3)c3ccc4ccc5ccccc5c4c3)cc2-c2ccccc2)cc1. The minimum Gasteiger partial charge on any atom is -0.310 e. The van der Waals surface area contributed by atoms with Crippen LogP contribution in [0.2, 0.25) is 0 Å². The number of rotatable bonds is 7. The van der Waals surface area contributed by atoms with Gasteiger partial charge in [0.2, 0.25) is 0 Å². The molecule has 0 heterocycles. The molecule has 0 aliphatic heterocycles. The van der Waals surface area contributed by atoms with E-state index in [9.17, 15) is 0 Å². The topological polar surface area (TPSA) is 3.24 Å². The van der Waals surface area contributed by atoms with Crippen molar-refractivity contribution >= 4 is 38.6 Å². The first kappa shape index (κ1) is 30.4. The molecule has 240 valence electrons. The zero-order valence-corrected chi connectivity index (χ0v) is 28.2. The highest BCUT2D eigenvalue weighted by Crippen LogP contribution is 2.44. The van der Waals surface area contributed by atoms with E-state index in [1.54, 1.807) is 0 Å². The Bertz CT molecular complexity index is 2480. The van der Waals surface area contributed by atoms with Gasteiger partial charge >= 0.3 is 0 Å². The average Bonchev–Trinajstić information content (AvgIpc) is 3.22. The molecule has 1 heteroatoms. The number of benzene rings is 9. The average molecular weight is 650 g/mol. The smallest absolute Gasteiger partial charge is 0.0468 e. The van der Waals surface area contributed by atoms with E-state index in [0.29, 0.717) is 0 Å². The van der Waals surface area contributed by atoms with E-state index in [1.165, 1.54) is 66.1 Å². The zero-order valence-electron chi connectivity index (χ0n) is 28.2. The molecule has 0 spiro atoms. The quantitative estimate of drug-likeness (QED) is 0.155. The van der Waals surface area contributed by atoms with Crippen molar-refractivity contribution in [3.05, 3.63) is 212 Å². The number of nitrogens with zero attached hydrogens (tertiary/aromatic N) is 1. The Morgan fingerprint density at radius 2 is 0.588 bits per heavy atom. The second-order valence-electron chi connectivity index (χ2n) is 13.0. The summed E-state index contributed by atoms with van der Waals surface area (Å²) in [7, 11) is 0. The maximum Gasteiger partial charge on any atom is 0.0468 e. The van der Waals surface area contributed by atoms with Crippen LogP contribution in [0, 0.1) is 0 Å². The molecule has 51 heavy (non-hydrogen) atoms. The van der Waals surface area contributed by atoms with E-state index in [-0.39, 0.29) is 0 Å². The first-order valence-electron chi connectivity index (χ1n) is 17.5. The number of hydrogen-bond acceptors (Lipinski definition) is 1. The van der Waals surface area contributed by atoms with Crippen LogP contribution in [-0.2, 0) is 0 Å². The molecule has 9 aromatic carbocycles. The van der Waals surface area contributed by atoms with Crippen LogP contribution in [0.3, 0.4) is 0 Å². The van der Waals surface area contributed by atoms with Gasteiger partial charge in [0.1, 0.15) is 0 Å². The first-order chi connectivity index (χ1) is 25.3. The van der Waals surface area contributed by atoms with Gasteiger partial charge in [-0.05, 0) is 102 Å². The molecule has 0 amide bonds. The Hall–Kier alpha value is -6.70. The number of hydrogen-bond donors (Lipinski definition) is 0. The van der Waals surface area contributed by atoms with Crippen molar-refractivity contribution in [3.8, 4) is 44.5 Å². The summed E-state index contributed by atoms with van der Waals surface area (Å²) in [6.07, 6.45) is 0. The van der Waals surface area contributed by atoms with Crippen molar-refractivity contribution in [2.24, 2.45) is 0 Å². The molecule has 9 rings (SSSR count). The fourth-order valence-corrected chi connectivity index (χ4v) is 7.37. The van der Waals surface area contributed by atoms with E-state index in [2.05, 4.69) is 217 Å². The predicted molar refractivity (Wildman–Crippen MR) is 218 cm³/mol. The largest absolute Gasteiger partial charge is 0.310 e. The Balaban J connectivity index is 1.31. The van der Waals surface area contributed by atoms with Gasteiger partial charge in [-0.3, -0.25) is 0 Å². The van der Waals surface area contributed by atoms with Crippen LogP contribution in [0.15, 0.2) is 212 Å². The normalized spacial score (nSPS) is 11.1. The highest BCUT2D eigenvalue weighted by molar-refractivity contribution is 6.09. The van der Waals surface area contributed by atoms with Crippen LogP contribution in [0.1, 0.15) is 0 Å². The molecule has 0 bridgehead atoms. The second kappa shape index (κ2) is 13.3. The van der Waals surface area contributed by atoms with Crippen LogP contribution in [0.5, 0.6) is 0 Å². The standard InChI is InChI=1S/C50H35N/c1-5-15-36(16-6-1)46-31-29-43(34-48(46)38-19-9-3-10-20-38)51(42-28-27-41-26-25-40-23-13-14-24-45(40)50(41)33-42)44-30-32-47(37-17-7-2-8-18-37)49(35-44)39-21-11-4-12-22-39/h1-35H. The molecule has 0 radical (unpaired) electrons. The minimum atomic E-state index is 1.10. The summed E-state index contributed by atoms with van der Waals surface area (Å²) in [4.78, 5) is 2.42. The maximum absolute atomic E-state index is 2.42. The van der Waals surface area contributed by atoms with Crippen molar-refractivity contribution in [2.75, 3.05) is 4.90 Å². The highest BCUT2D eigenvalue weighted by atomic mass is 15.1. The second-order valence-corrected chi connectivity index (χ2v) is 13.0. The number of fused-ring (bicyclic) bond motifs is 3. The van der Waals surface area contributed by atoms with E-state index in [1.807, 2.05) is 0 Å². The van der Waals surface area contributed by atoms with Gasteiger partial charge in [-0.15, -0.1) is 0 Å². The van der Waals surface area contributed by atoms with Crippen LogP contribution < -0.4 is 4.90 Å². The van der Waals surface area contributed by atoms with E-state index in [4.69, 9.17) is 0 Å². The molecule has 0 saturated carbocycles. The van der Waals surface area contributed by atoms with E-state index >= 15 is 0 Å². The summed E-state index contributed by atoms with van der Waals surface area (Å²) >= 11 is 0. The Morgan fingerprint density at radius 1 is 0.235 bits per heavy atom. The summed E-state index contributed by atoms with van der Waals surface area (Å²) in [5.41, 5.74) is 12.9. The Kier molecular flexibility index (Phi) is 7.92. The van der Waals surface area contributed by atoms with Gasteiger partial charge in [0.15, 0.2) is 0 Å². The van der Waals surface area contributed by atoms with Crippen LogP contribution in [0.25, 0.3) is 66.1 Å². The van der Waals surface area contributed by atoms with Gasteiger partial charge in [-0.25, -0.2) is 0 Å². The Labute approximate surface area is 299 Å². The van der Waals surface area contributed by atoms with Crippen molar-refractivity contribution in [2.45, 2.75) is 0 Å². The van der Waals surface area contributed by atoms with Crippen molar-refractivity contribution in [3.63, 3.8) is 0 Å². The molecule has 0 saturated heterocycles. The minimum absolute atomic E-state index is 1.10. The summed E-state index contributed by atoms with van der Waals surface area (Å²) < 4.78 is 0. The third-order valence-electron chi connectivity index (χ3n) is 9.85.